The number of carbonyl (C=O) groups excluding carboxylic acids is 1. The monoisotopic (exact) mass is 337 g/mol. The average molecular weight is 337 g/mol. The molecule has 1 aromatic heterocycles. The quantitative estimate of drug-likeness (QED) is 0.547. The number of hydrogen-bond donors (Lipinski definition) is 2. The molecule has 25 heavy (non-hydrogen) atoms. The van der Waals surface area contributed by atoms with Crippen molar-refractivity contribution in [2.75, 3.05) is 6.61 Å². The molecule has 0 fully saturated rings. The maximum absolute atomic E-state index is 12.4. The van der Waals surface area contributed by atoms with Crippen molar-refractivity contribution in [3.63, 3.8) is 0 Å². The second kappa shape index (κ2) is 7.21. The minimum Gasteiger partial charge on any atom is -0.505 e. The van der Waals surface area contributed by atoms with E-state index >= 15 is 0 Å². The van der Waals surface area contributed by atoms with E-state index in [-0.39, 0.29) is 18.1 Å². The second-order valence-electron chi connectivity index (χ2n) is 5.76. The number of rotatable bonds is 5. The van der Waals surface area contributed by atoms with Gasteiger partial charge in [-0.25, -0.2) is 4.79 Å². The number of carbonyl (C=O) groups is 1. The van der Waals surface area contributed by atoms with Crippen LogP contribution in [0.4, 0.5) is 0 Å². The van der Waals surface area contributed by atoms with E-state index in [1.807, 2.05) is 43.3 Å². The van der Waals surface area contributed by atoms with Crippen LogP contribution in [0.25, 0.3) is 21.9 Å². The van der Waals surface area contributed by atoms with Gasteiger partial charge in [0.1, 0.15) is 0 Å². The van der Waals surface area contributed by atoms with E-state index in [1.54, 1.807) is 12.1 Å². The molecule has 5 heteroatoms. The maximum Gasteiger partial charge on any atom is 0.358 e. The minimum atomic E-state index is -0.729. The fraction of sp³-hybridized carbons (Fsp3) is 0.200. The van der Waals surface area contributed by atoms with E-state index in [0.717, 1.165) is 18.4 Å². The fourth-order valence-electron chi connectivity index (χ4n) is 2.75. The van der Waals surface area contributed by atoms with Crippen molar-refractivity contribution in [3.05, 3.63) is 64.6 Å². The standard InChI is InChI=1S/C20H19NO4/c1-2-3-12-25-20(24)17-18(22)16-14(13-8-5-4-6-9-13)10-7-11-15(16)19(23)21-17/h4-11,22H,2-3,12H2,1H3,(H,21,23). The van der Waals surface area contributed by atoms with Gasteiger partial charge in [0, 0.05) is 5.39 Å². The number of nitrogens with one attached hydrogen (secondary N) is 1. The Hall–Kier alpha value is -3.08. The smallest absolute Gasteiger partial charge is 0.358 e. The van der Waals surface area contributed by atoms with Gasteiger partial charge in [0.05, 0.1) is 12.0 Å². The van der Waals surface area contributed by atoms with Gasteiger partial charge in [-0.05, 0) is 23.6 Å². The molecule has 0 unspecified atom stereocenters. The van der Waals surface area contributed by atoms with E-state index in [2.05, 4.69) is 4.98 Å². The van der Waals surface area contributed by atoms with Crippen molar-refractivity contribution in [2.45, 2.75) is 19.8 Å². The first-order chi connectivity index (χ1) is 12.1. The zero-order valence-corrected chi connectivity index (χ0v) is 13.9. The number of H-pyrrole nitrogens is 1. The van der Waals surface area contributed by atoms with E-state index < -0.39 is 11.5 Å². The molecule has 0 bridgehead atoms. The zero-order chi connectivity index (χ0) is 17.8. The van der Waals surface area contributed by atoms with Crippen molar-refractivity contribution < 1.29 is 14.6 Å². The Kier molecular flexibility index (Phi) is 4.84. The van der Waals surface area contributed by atoms with Crippen LogP contribution >= 0.6 is 0 Å². The first-order valence-corrected chi connectivity index (χ1v) is 8.24. The molecule has 0 amide bonds. The number of aromatic amines is 1. The number of unbranched alkanes of at least 4 members (excludes halogenated alkanes) is 1. The van der Waals surface area contributed by atoms with Crippen LogP contribution in [0.2, 0.25) is 0 Å². The molecule has 0 aliphatic heterocycles. The van der Waals surface area contributed by atoms with Crippen LogP contribution in [0.15, 0.2) is 53.3 Å². The summed E-state index contributed by atoms with van der Waals surface area (Å²) in [5.74, 6) is -0.997. The topological polar surface area (TPSA) is 79.4 Å². The van der Waals surface area contributed by atoms with E-state index in [1.165, 1.54) is 0 Å². The predicted octanol–water partition coefficient (Wildman–Crippen LogP) is 3.86. The molecule has 1 heterocycles. The van der Waals surface area contributed by atoms with Gasteiger partial charge >= 0.3 is 5.97 Å². The van der Waals surface area contributed by atoms with Crippen LogP contribution < -0.4 is 5.56 Å². The third-order valence-electron chi connectivity index (χ3n) is 4.04. The summed E-state index contributed by atoms with van der Waals surface area (Å²) in [7, 11) is 0. The van der Waals surface area contributed by atoms with Crippen LogP contribution in [-0.2, 0) is 4.74 Å². The number of hydrogen-bond acceptors (Lipinski definition) is 4. The number of pyridine rings is 1. The molecule has 128 valence electrons. The van der Waals surface area contributed by atoms with Gasteiger partial charge in [-0.3, -0.25) is 4.79 Å². The molecular formula is C20H19NO4. The summed E-state index contributed by atoms with van der Waals surface area (Å²) in [5, 5.41) is 11.3. The van der Waals surface area contributed by atoms with Crippen molar-refractivity contribution >= 4 is 16.7 Å². The van der Waals surface area contributed by atoms with Crippen molar-refractivity contribution in [3.8, 4) is 16.9 Å². The van der Waals surface area contributed by atoms with Crippen molar-refractivity contribution in [1.29, 1.82) is 0 Å². The average Bonchev–Trinajstić information content (AvgIpc) is 2.65. The fourth-order valence-corrected chi connectivity index (χ4v) is 2.75. The Bertz CT molecular complexity index is 961. The van der Waals surface area contributed by atoms with Crippen LogP contribution in [0.3, 0.4) is 0 Å². The van der Waals surface area contributed by atoms with E-state index in [9.17, 15) is 14.7 Å². The molecule has 2 aromatic carbocycles. The molecule has 3 aromatic rings. The van der Waals surface area contributed by atoms with Crippen molar-refractivity contribution in [2.24, 2.45) is 0 Å². The summed E-state index contributed by atoms with van der Waals surface area (Å²) in [6.07, 6.45) is 1.60. The van der Waals surface area contributed by atoms with E-state index in [0.29, 0.717) is 16.3 Å². The lowest BCUT2D eigenvalue weighted by Gasteiger charge is -2.11. The van der Waals surface area contributed by atoms with Crippen LogP contribution in [-0.4, -0.2) is 22.7 Å². The number of ether oxygens (including phenoxy) is 1. The summed E-state index contributed by atoms with van der Waals surface area (Å²) < 4.78 is 5.13. The SMILES string of the molecule is CCCCOC(=O)c1[nH]c(=O)c2cccc(-c3ccccc3)c2c1O. The summed E-state index contributed by atoms with van der Waals surface area (Å²) in [6, 6.07) is 14.6. The molecule has 3 rings (SSSR count). The third kappa shape index (κ3) is 3.26. The highest BCUT2D eigenvalue weighted by atomic mass is 16.5. The number of esters is 1. The lowest BCUT2D eigenvalue weighted by atomic mass is 9.98. The Morgan fingerprint density at radius 2 is 1.88 bits per heavy atom. The maximum atomic E-state index is 12.4. The summed E-state index contributed by atoms with van der Waals surface area (Å²) in [5.41, 5.74) is 0.883. The molecule has 0 radical (unpaired) electrons. The Labute approximate surface area is 144 Å². The number of aromatic hydroxyl groups is 1. The molecule has 0 saturated carbocycles. The van der Waals surface area contributed by atoms with Crippen LogP contribution in [0, 0.1) is 0 Å². The molecule has 0 aliphatic rings. The lowest BCUT2D eigenvalue weighted by molar-refractivity contribution is 0.0489. The normalized spacial score (nSPS) is 10.8. The van der Waals surface area contributed by atoms with Crippen molar-refractivity contribution in [1.82, 2.24) is 4.98 Å². The third-order valence-corrected chi connectivity index (χ3v) is 4.04. The molecule has 2 N–H and O–H groups in total. The summed E-state index contributed by atoms with van der Waals surface area (Å²) in [4.78, 5) is 27.1. The van der Waals surface area contributed by atoms with Gasteiger partial charge in [-0.1, -0.05) is 55.8 Å². The molecule has 0 atom stereocenters. The molecule has 0 aliphatic carbocycles. The minimum absolute atomic E-state index is 0.211. The van der Waals surface area contributed by atoms with Gasteiger partial charge in [0.15, 0.2) is 11.4 Å². The molecule has 0 spiro atoms. The predicted molar refractivity (Wildman–Crippen MR) is 96.9 cm³/mol. The Morgan fingerprint density at radius 3 is 2.60 bits per heavy atom. The molecule has 5 nitrogen and oxygen atoms in total. The first-order valence-electron chi connectivity index (χ1n) is 8.24. The summed E-state index contributed by atoms with van der Waals surface area (Å²) in [6.45, 7) is 2.23. The summed E-state index contributed by atoms with van der Waals surface area (Å²) >= 11 is 0. The van der Waals surface area contributed by atoms with Gasteiger partial charge in [0.25, 0.3) is 5.56 Å². The first kappa shape index (κ1) is 16.8. The Balaban J connectivity index is 2.18. The largest absolute Gasteiger partial charge is 0.505 e. The lowest BCUT2D eigenvalue weighted by Crippen LogP contribution is -2.16. The highest BCUT2D eigenvalue weighted by molar-refractivity contribution is 6.05. The Morgan fingerprint density at radius 1 is 1.12 bits per heavy atom. The number of aromatic nitrogens is 1. The van der Waals surface area contributed by atoms with Crippen LogP contribution in [0.1, 0.15) is 30.3 Å². The number of fused-ring (bicyclic) bond motifs is 1. The van der Waals surface area contributed by atoms with E-state index in [4.69, 9.17) is 4.74 Å². The van der Waals surface area contributed by atoms with Crippen LogP contribution in [0.5, 0.6) is 5.75 Å². The van der Waals surface area contributed by atoms with Gasteiger partial charge in [-0.15, -0.1) is 0 Å². The second-order valence-corrected chi connectivity index (χ2v) is 5.76. The molecular weight excluding hydrogens is 318 g/mol. The highest BCUT2D eigenvalue weighted by Gasteiger charge is 2.20. The van der Waals surface area contributed by atoms with Gasteiger partial charge < -0.3 is 14.8 Å². The van der Waals surface area contributed by atoms with Gasteiger partial charge in [0.2, 0.25) is 0 Å². The zero-order valence-electron chi connectivity index (χ0n) is 13.9. The highest BCUT2D eigenvalue weighted by Crippen LogP contribution is 2.34. The van der Waals surface area contributed by atoms with Gasteiger partial charge in [-0.2, -0.15) is 0 Å². The molecule has 0 saturated heterocycles. The number of benzene rings is 2.